The molecule has 0 heterocycles. The summed E-state index contributed by atoms with van der Waals surface area (Å²) in [5, 5.41) is 24.9. The monoisotopic (exact) mass is 271 g/mol. The van der Waals surface area contributed by atoms with Crippen molar-refractivity contribution in [2.24, 2.45) is 16.3 Å². The number of nitrogens with zero attached hydrogens (tertiary/aromatic N) is 1. The molecule has 1 saturated carbocycles. The number of nitrogens with two attached hydrogens (primary N) is 1. The molecule has 0 aliphatic heterocycles. The smallest absolute Gasteiger partial charge is 0.144 e. The van der Waals surface area contributed by atoms with Crippen LogP contribution < -0.4 is 11.1 Å². The molecule has 1 fully saturated rings. The lowest BCUT2D eigenvalue weighted by atomic mass is 9.82. The van der Waals surface area contributed by atoms with Gasteiger partial charge in [-0.05, 0) is 32.2 Å². The van der Waals surface area contributed by atoms with Crippen LogP contribution in [0.25, 0.3) is 0 Å². The highest BCUT2D eigenvalue weighted by Crippen LogP contribution is 2.28. The second kappa shape index (κ2) is 7.10. The van der Waals surface area contributed by atoms with Crippen molar-refractivity contribution in [3.8, 4) is 0 Å². The number of amidine groups is 1. The Morgan fingerprint density at radius 3 is 2.47 bits per heavy atom. The molecule has 5 heteroatoms. The van der Waals surface area contributed by atoms with E-state index in [0.717, 1.165) is 32.2 Å². The highest BCUT2D eigenvalue weighted by atomic mass is 16.4. The van der Waals surface area contributed by atoms with Crippen molar-refractivity contribution >= 4 is 5.84 Å². The predicted molar refractivity (Wildman–Crippen MR) is 77.3 cm³/mol. The summed E-state index contributed by atoms with van der Waals surface area (Å²) in [5.74, 6) is 0.280. The van der Waals surface area contributed by atoms with Crippen LogP contribution in [0.15, 0.2) is 5.16 Å². The summed E-state index contributed by atoms with van der Waals surface area (Å²) < 4.78 is 0. The molecule has 0 saturated heterocycles. The average molecular weight is 271 g/mol. The third kappa shape index (κ3) is 4.66. The normalized spacial score (nSPS) is 20.5. The Kier molecular flexibility index (Phi) is 6.07. The van der Waals surface area contributed by atoms with Gasteiger partial charge in [0.1, 0.15) is 5.84 Å². The first-order chi connectivity index (χ1) is 8.96. The third-order valence-corrected chi connectivity index (χ3v) is 4.39. The maximum Gasteiger partial charge on any atom is 0.144 e. The first-order valence-electron chi connectivity index (χ1n) is 7.30. The van der Waals surface area contributed by atoms with Gasteiger partial charge in [-0.25, -0.2) is 0 Å². The largest absolute Gasteiger partial charge is 0.409 e. The second-order valence-electron chi connectivity index (χ2n) is 6.40. The molecule has 0 amide bonds. The van der Waals surface area contributed by atoms with Gasteiger partial charge in [0.25, 0.3) is 0 Å². The lowest BCUT2D eigenvalue weighted by Crippen LogP contribution is -2.50. The SMILES string of the molecule is CC(C)(CCCNC1(CO)CCCCC1)C(N)=NO. The van der Waals surface area contributed by atoms with E-state index in [0.29, 0.717) is 0 Å². The van der Waals surface area contributed by atoms with E-state index in [-0.39, 0.29) is 23.4 Å². The van der Waals surface area contributed by atoms with E-state index in [1.165, 1.54) is 19.3 Å². The Morgan fingerprint density at radius 2 is 1.95 bits per heavy atom. The van der Waals surface area contributed by atoms with E-state index >= 15 is 0 Å². The highest BCUT2D eigenvalue weighted by Gasteiger charge is 2.30. The molecule has 0 unspecified atom stereocenters. The van der Waals surface area contributed by atoms with E-state index in [9.17, 15) is 5.11 Å². The number of aliphatic hydroxyl groups excluding tert-OH is 1. The van der Waals surface area contributed by atoms with E-state index in [2.05, 4.69) is 10.5 Å². The molecule has 0 bridgehead atoms. The molecule has 5 nitrogen and oxygen atoms in total. The quantitative estimate of drug-likeness (QED) is 0.187. The van der Waals surface area contributed by atoms with Crippen LogP contribution in [-0.2, 0) is 0 Å². The van der Waals surface area contributed by atoms with Gasteiger partial charge in [-0.3, -0.25) is 0 Å². The van der Waals surface area contributed by atoms with Gasteiger partial charge in [0.15, 0.2) is 0 Å². The molecular formula is C14H29N3O2. The molecule has 112 valence electrons. The fraction of sp³-hybridized carbons (Fsp3) is 0.929. The Hall–Kier alpha value is -0.810. The van der Waals surface area contributed by atoms with Crippen molar-refractivity contribution in [2.75, 3.05) is 13.2 Å². The molecule has 0 aromatic heterocycles. The summed E-state index contributed by atoms with van der Waals surface area (Å²) in [6, 6.07) is 0. The number of hydrogen-bond acceptors (Lipinski definition) is 4. The van der Waals surface area contributed by atoms with E-state index in [4.69, 9.17) is 10.9 Å². The molecule has 0 atom stereocenters. The van der Waals surface area contributed by atoms with Crippen molar-refractivity contribution in [1.29, 1.82) is 0 Å². The minimum Gasteiger partial charge on any atom is -0.409 e. The van der Waals surface area contributed by atoms with Gasteiger partial charge >= 0.3 is 0 Å². The van der Waals surface area contributed by atoms with E-state index < -0.39 is 0 Å². The first kappa shape index (κ1) is 16.2. The molecule has 0 radical (unpaired) electrons. The predicted octanol–water partition coefficient (Wildman–Crippen LogP) is 1.82. The highest BCUT2D eigenvalue weighted by molar-refractivity contribution is 5.85. The molecule has 19 heavy (non-hydrogen) atoms. The zero-order valence-electron chi connectivity index (χ0n) is 12.3. The number of aliphatic hydroxyl groups is 1. The van der Waals surface area contributed by atoms with Gasteiger partial charge in [-0.2, -0.15) is 0 Å². The van der Waals surface area contributed by atoms with Crippen LogP contribution in [0.2, 0.25) is 0 Å². The Balaban J connectivity index is 2.33. The molecular weight excluding hydrogens is 242 g/mol. The first-order valence-corrected chi connectivity index (χ1v) is 7.30. The fourth-order valence-electron chi connectivity index (χ4n) is 2.77. The number of oxime groups is 1. The van der Waals surface area contributed by atoms with Crippen molar-refractivity contribution in [3.05, 3.63) is 0 Å². The fourth-order valence-corrected chi connectivity index (χ4v) is 2.77. The Morgan fingerprint density at radius 1 is 1.32 bits per heavy atom. The maximum atomic E-state index is 9.59. The van der Waals surface area contributed by atoms with Crippen LogP contribution in [0.5, 0.6) is 0 Å². The summed E-state index contributed by atoms with van der Waals surface area (Å²) in [7, 11) is 0. The van der Waals surface area contributed by atoms with Gasteiger partial charge in [-0.1, -0.05) is 38.3 Å². The molecule has 0 aromatic rings. The van der Waals surface area contributed by atoms with Crippen molar-refractivity contribution in [2.45, 2.75) is 64.3 Å². The average Bonchev–Trinajstić information content (AvgIpc) is 2.43. The third-order valence-electron chi connectivity index (χ3n) is 4.39. The van der Waals surface area contributed by atoms with Crippen LogP contribution in [0.4, 0.5) is 0 Å². The Labute approximate surface area is 116 Å². The number of hydrogen-bond donors (Lipinski definition) is 4. The molecule has 5 N–H and O–H groups in total. The molecule has 1 aliphatic carbocycles. The lowest BCUT2D eigenvalue weighted by molar-refractivity contribution is 0.120. The summed E-state index contributed by atoms with van der Waals surface area (Å²) in [6.07, 6.45) is 7.61. The van der Waals surface area contributed by atoms with Gasteiger partial charge < -0.3 is 21.4 Å². The zero-order chi connectivity index (χ0) is 14.4. The van der Waals surface area contributed by atoms with Crippen LogP contribution in [0, 0.1) is 5.41 Å². The zero-order valence-corrected chi connectivity index (χ0v) is 12.3. The van der Waals surface area contributed by atoms with Crippen LogP contribution in [0.3, 0.4) is 0 Å². The summed E-state index contributed by atoms with van der Waals surface area (Å²) in [4.78, 5) is 0. The van der Waals surface area contributed by atoms with Crippen molar-refractivity contribution in [1.82, 2.24) is 5.32 Å². The lowest BCUT2D eigenvalue weighted by Gasteiger charge is -2.37. The van der Waals surface area contributed by atoms with Crippen molar-refractivity contribution < 1.29 is 10.3 Å². The van der Waals surface area contributed by atoms with Gasteiger partial charge in [0.05, 0.1) is 6.61 Å². The standard InChI is InChI=1S/C14H29N3O2/c1-13(2,12(15)17-19)7-6-10-16-14(11-18)8-4-3-5-9-14/h16,18-19H,3-11H2,1-2H3,(H2,15,17). The Bertz CT molecular complexity index is 297. The number of rotatable bonds is 7. The molecule has 1 rings (SSSR count). The van der Waals surface area contributed by atoms with Gasteiger partial charge in [-0.15, -0.1) is 0 Å². The van der Waals surface area contributed by atoms with Crippen LogP contribution in [0.1, 0.15) is 58.8 Å². The minimum absolute atomic E-state index is 0.0704. The van der Waals surface area contributed by atoms with Crippen LogP contribution >= 0.6 is 0 Å². The maximum absolute atomic E-state index is 9.59. The van der Waals surface area contributed by atoms with E-state index in [1.807, 2.05) is 13.8 Å². The van der Waals surface area contributed by atoms with Gasteiger partial charge in [0, 0.05) is 11.0 Å². The van der Waals surface area contributed by atoms with Gasteiger partial charge in [0.2, 0.25) is 0 Å². The molecule has 0 aromatic carbocycles. The summed E-state index contributed by atoms with van der Waals surface area (Å²) in [5.41, 5.74) is 5.31. The second-order valence-corrected chi connectivity index (χ2v) is 6.40. The van der Waals surface area contributed by atoms with E-state index in [1.54, 1.807) is 0 Å². The molecule has 1 aliphatic rings. The van der Waals surface area contributed by atoms with Crippen LogP contribution in [-0.4, -0.2) is 34.8 Å². The number of nitrogens with one attached hydrogen (secondary N) is 1. The molecule has 0 spiro atoms. The topological polar surface area (TPSA) is 90.9 Å². The van der Waals surface area contributed by atoms with Crippen molar-refractivity contribution in [3.63, 3.8) is 0 Å². The summed E-state index contributed by atoms with van der Waals surface area (Å²) >= 11 is 0. The summed E-state index contributed by atoms with van der Waals surface area (Å²) in [6.45, 7) is 5.04. The minimum atomic E-state index is -0.282.